The summed E-state index contributed by atoms with van der Waals surface area (Å²) in [6.45, 7) is 4.09. The molecule has 4 aliphatic carbocycles. The summed E-state index contributed by atoms with van der Waals surface area (Å²) in [5.41, 5.74) is 3.93. The molecule has 4 aliphatic rings. The Bertz CT molecular complexity index is 865. The molecule has 4 heteroatoms. The molecule has 2 aromatic rings. The van der Waals surface area contributed by atoms with Gasteiger partial charge in [-0.1, -0.05) is 51.0 Å². The van der Waals surface area contributed by atoms with Gasteiger partial charge < -0.3 is 10.2 Å². The third kappa shape index (κ3) is 4.58. The number of carbonyl (C=O) groups excluding carboxylic acids is 2. The summed E-state index contributed by atoms with van der Waals surface area (Å²) in [6.07, 6.45) is 6.36. The molecule has 0 amide bonds. The second-order valence-electron chi connectivity index (χ2n) is 8.27. The first-order chi connectivity index (χ1) is 14.5. The highest BCUT2D eigenvalue weighted by Gasteiger charge is 2.23. The van der Waals surface area contributed by atoms with Crippen molar-refractivity contribution >= 4 is 11.6 Å². The molecule has 0 atom stereocenters. The van der Waals surface area contributed by atoms with Crippen LogP contribution in [-0.2, 0) is 25.7 Å². The zero-order chi connectivity index (χ0) is 21.7. The molecule has 0 aliphatic heterocycles. The highest BCUT2D eigenvalue weighted by atomic mass is 16.3. The predicted octanol–water partition coefficient (Wildman–Crippen LogP) is 5.73. The van der Waals surface area contributed by atoms with Gasteiger partial charge in [-0.25, -0.2) is 0 Å². The average Bonchev–Trinajstić information content (AvgIpc) is 2.73. The van der Waals surface area contributed by atoms with E-state index in [1.165, 1.54) is 0 Å². The monoisotopic (exact) mass is 408 g/mol. The van der Waals surface area contributed by atoms with E-state index in [1.54, 1.807) is 0 Å². The predicted molar refractivity (Wildman–Crippen MR) is 119 cm³/mol. The summed E-state index contributed by atoms with van der Waals surface area (Å²) >= 11 is 0. The van der Waals surface area contributed by atoms with E-state index in [0.717, 1.165) is 47.9 Å². The van der Waals surface area contributed by atoms with Gasteiger partial charge in [-0.2, -0.15) is 0 Å². The van der Waals surface area contributed by atoms with Crippen molar-refractivity contribution in [3.8, 4) is 11.5 Å². The summed E-state index contributed by atoms with van der Waals surface area (Å²) in [5, 5.41) is 21.8. The Kier molecular flexibility index (Phi) is 7.30. The lowest BCUT2D eigenvalue weighted by atomic mass is 9.86. The van der Waals surface area contributed by atoms with Crippen LogP contribution in [0.5, 0.6) is 11.5 Å². The largest absolute Gasteiger partial charge is 0.507 e. The first-order valence-electron chi connectivity index (χ1n) is 11.2. The van der Waals surface area contributed by atoms with Crippen molar-refractivity contribution in [2.24, 2.45) is 0 Å². The highest BCUT2D eigenvalue weighted by molar-refractivity contribution is 6.01. The first kappa shape index (κ1) is 22.1. The minimum Gasteiger partial charge on any atom is -0.507 e. The van der Waals surface area contributed by atoms with E-state index in [-0.39, 0.29) is 23.1 Å². The normalized spacial score (nSPS) is 13.1. The number of benzene rings is 2. The second kappa shape index (κ2) is 9.92. The van der Waals surface area contributed by atoms with Crippen molar-refractivity contribution in [1.82, 2.24) is 0 Å². The molecule has 6 rings (SSSR count). The van der Waals surface area contributed by atoms with Gasteiger partial charge in [0.1, 0.15) is 11.5 Å². The molecule has 0 aromatic heterocycles. The SMILES string of the molecule is CCCCC(=O)c1c2ccc(c1O)CCc1ccc(c(O)c1C(=O)CCCC)CC2. The maximum absolute atomic E-state index is 12.8. The Morgan fingerprint density at radius 3 is 1.37 bits per heavy atom. The molecular weight excluding hydrogens is 376 g/mol. The van der Waals surface area contributed by atoms with Crippen LogP contribution >= 0.6 is 0 Å². The van der Waals surface area contributed by atoms with Gasteiger partial charge in [-0.15, -0.1) is 0 Å². The van der Waals surface area contributed by atoms with E-state index in [4.69, 9.17) is 0 Å². The van der Waals surface area contributed by atoms with Crippen molar-refractivity contribution in [3.63, 3.8) is 0 Å². The van der Waals surface area contributed by atoms with Crippen molar-refractivity contribution in [1.29, 1.82) is 0 Å². The van der Waals surface area contributed by atoms with Crippen molar-refractivity contribution in [3.05, 3.63) is 57.6 Å². The van der Waals surface area contributed by atoms with Gasteiger partial charge in [0, 0.05) is 12.8 Å². The number of phenolic OH excluding ortho intramolecular Hbond substituents is 2. The highest BCUT2D eigenvalue weighted by Crippen LogP contribution is 2.35. The first-order valence-corrected chi connectivity index (χ1v) is 11.2. The number of unbranched alkanes of at least 4 members (excludes halogenated alkanes) is 2. The summed E-state index contributed by atoms with van der Waals surface area (Å²) in [5.74, 6) is 0.145. The number of hydrogen-bond donors (Lipinski definition) is 2. The van der Waals surface area contributed by atoms with E-state index in [2.05, 4.69) is 0 Å². The molecule has 0 spiro atoms. The molecule has 0 saturated heterocycles. The molecule has 30 heavy (non-hydrogen) atoms. The number of rotatable bonds is 8. The van der Waals surface area contributed by atoms with Crippen LogP contribution in [0.1, 0.15) is 95.3 Å². The van der Waals surface area contributed by atoms with E-state index in [1.807, 2.05) is 38.1 Å². The molecule has 2 aromatic carbocycles. The van der Waals surface area contributed by atoms with E-state index >= 15 is 0 Å². The molecule has 0 saturated carbocycles. The zero-order valence-corrected chi connectivity index (χ0v) is 18.1. The lowest BCUT2D eigenvalue weighted by Gasteiger charge is -2.19. The smallest absolute Gasteiger partial charge is 0.166 e. The Labute approximate surface area is 179 Å². The molecular formula is C26H32O4. The van der Waals surface area contributed by atoms with Crippen molar-refractivity contribution in [2.45, 2.75) is 78.1 Å². The van der Waals surface area contributed by atoms with Crippen molar-refractivity contribution in [2.75, 3.05) is 0 Å². The second-order valence-corrected chi connectivity index (χ2v) is 8.27. The van der Waals surface area contributed by atoms with Crippen LogP contribution in [0, 0.1) is 0 Å². The van der Waals surface area contributed by atoms with E-state index in [9.17, 15) is 19.8 Å². The molecule has 0 unspecified atom stereocenters. The third-order valence-electron chi connectivity index (χ3n) is 6.10. The fraction of sp³-hybridized carbons (Fsp3) is 0.462. The summed E-state index contributed by atoms with van der Waals surface area (Å²) in [6, 6.07) is 7.67. The Balaban J connectivity index is 2.02. The lowest BCUT2D eigenvalue weighted by Crippen LogP contribution is -2.11. The molecule has 0 heterocycles. The number of hydrogen-bond acceptors (Lipinski definition) is 4. The zero-order valence-electron chi connectivity index (χ0n) is 18.1. The number of ketones is 2. The van der Waals surface area contributed by atoms with Gasteiger partial charge in [-0.3, -0.25) is 9.59 Å². The number of phenols is 2. The molecule has 4 nitrogen and oxygen atoms in total. The number of Topliss-reactive ketones (excluding diaryl/α,β-unsaturated/α-hetero) is 2. The van der Waals surface area contributed by atoms with Crippen LogP contribution in [-0.4, -0.2) is 21.8 Å². The molecule has 4 bridgehead atoms. The Morgan fingerprint density at radius 2 is 1.00 bits per heavy atom. The Morgan fingerprint density at radius 1 is 0.667 bits per heavy atom. The van der Waals surface area contributed by atoms with Gasteiger partial charge in [0.15, 0.2) is 11.6 Å². The average molecular weight is 409 g/mol. The van der Waals surface area contributed by atoms with Crippen molar-refractivity contribution < 1.29 is 19.8 Å². The van der Waals surface area contributed by atoms with Crippen LogP contribution in [0.3, 0.4) is 0 Å². The number of carbonyl (C=O) groups is 2. The van der Waals surface area contributed by atoms with Gasteiger partial charge in [-0.05, 0) is 60.8 Å². The molecule has 160 valence electrons. The minimum absolute atomic E-state index is 0.0168. The van der Waals surface area contributed by atoms with E-state index < -0.39 is 0 Å². The topological polar surface area (TPSA) is 74.6 Å². The van der Waals surface area contributed by atoms with Crippen LogP contribution < -0.4 is 0 Å². The van der Waals surface area contributed by atoms with Gasteiger partial charge in [0.25, 0.3) is 0 Å². The van der Waals surface area contributed by atoms with Gasteiger partial charge in [0.05, 0.1) is 11.1 Å². The lowest BCUT2D eigenvalue weighted by molar-refractivity contribution is 0.0968. The summed E-state index contributed by atoms with van der Waals surface area (Å²) in [7, 11) is 0. The standard InChI is InChI=1S/C26H32O4/c1-3-5-7-21(27)23-17-9-13-19(25(23)29)16-12-18-10-14-20(15-11-17)26(30)24(18)22(28)8-6-4-2/h9-10,13-14,29-30H,3-8,11-12,15-16H2,1-2H3. The molecule has 0 fully saturated rings. The third-order valence-corrected chi connectivity index (χ3v) is 6.10. The summed E-state index contributed by atoms with van der Waals surface area (Å²) < 4.78 is 0. The van der Waals surface area contributed by atoms with E-state index in [0.29, 0.717) is 49.7 Å². The molecule has 2 N–H and O–H groups in total. The van der Waals surface area contributed by atoms with Crippen LogP contribution in [0.4, 0.5) is 0 Å². The maximum Gasteiger partial charge on any atom is 0.166 e. The van der Waals surface area contributed by atoms with Gasteiger partial charge in [0.2, 0.25) is 0 Å². The maximum atomic E-state index is 12.8. The van der Waals surface area contributed by atoms with Crippen LogP contribution in [0.25, 0.3) is 0 Å². The molecule has 0 radical (unpaired) electrons. The fourth-order valence-electron chi connectivity index (χ4n) is 4.26. The van der Waals surface area contributed by atoms with Gasteiger partial charge >= 0.3 is 0 Å². The fourth-order valence-corrected chi connectivity index (χ4v) is 4.26. The van der Waals surface area contributed by atoms with Crippen LogP contribution in [0.15, 0.2) is 24.3 Å². The van der Waals surface area contributed by atoms with Crippen LogP contribution in [0.2, 0.25) is 0 Å². The minimum atomic E-state index is -0.0168. The quantitative estimate of drug-likeness (QED) is 0.547. The number of aromatic hydroxyl groups is 2. The Hall–Kier alpha value is -2.62. The summed E-state index contributed by atoms with van der Waals surface area (Å²) in [4.78, 5) is 25.6. The number of aryl methyl sites for hydroxylation is 4.